The Morgan fingerprint density at radius 3 is 2.94 bits per heavy atom. The molecule has 2 aromatic heterocycles. The lowest BCUT2D eigenvalue weighted by atomic mass is 10.0. The van der Waals surface area contributed by atoms with Crippen LogP contribution in [0.25, 0.3) is 5.52 Å². The first-order chi connectivity index (χ1) is 15.0. The molecular formula is C22H24F2N4O3. The van der Waals surface area contributed by atoms with E-state index >= 15 is 0 Å². The van der Waals surface area contributed by atoms with Crippen LogP contribution in [0.3, 0.4) is 0 Å². The van der Waals surface area contributed by atoms with Crippen LogP contribution in [-0.4, -0.2) is 51.5 Å². The molecule has 164 valence electrons. The fraction of sp³-hybridized carbons (Fsp3) is 0.364. The Morgan fingerprint density at radius 2 is 2.13 bits per heavy atom. The third kappa shape index (κ3) is 4.38. The number of rotatable bonds is 7. The lowest BCUT2D eigenvalue weighted by Gasteiger charge is -2.27. The molecule has 3 N–H and O–H groups in total. The Morgan fingerprint density at radius 1 is 1.29 bits per heavy atom. The number of pyridine rings is 1. The van der Waals surface area contributed by atoms with Gasteiger partial charge in [0.05, 0.1) is 29.4 Å². The first kappa shape index (κ1) is 21.2. The molecule has 4 rings (SSSR count). The second-order valence-corrected chi connectivity index (χ2v) is 7.67. The maximum Gasteiger partial charge on any atom is 0.255 e. The summed E-state index contributed by atoms with van der Waals surface area (Å²) in [6.07, 6.45) is 4.03. The number of amides is 1. The zero-order chi connectivity index (χ0) is 22.0. The van der Waals surface area contributed by atoms with Crippen molar-refractivity contribution in [3.05, 3.63) is 65.5 Å². The van der Waals surface area contributed by atoms with Crippen molar-refractivity contribution in [2.45, 2.75) is 31.4 Å². The van der Waals surface area contributed by atoms with Crippen LogP contribution in [0.2, 0.25) is 0 Å². The second-order valence-electron chi connectivity index (χ2n) is 7.67. The van der Waals surface area contributed by atoms with E-state index in [0.717, 1.165) is 24.2 Å². The summed E-state index contributed by atoms with van der Waals surface area (Å²) >= 11 is 0. The first-order valence-electron chi connectivity index (χ1n) is 10.2. The Kier molecular flexibility index (Phi) is 6.15. The average molecular weight is 430 g/mol. The summed E-state index contributed by atoms with van der Waals surface area (Å²) < 4.78 is 29.7. The van der Waals surface area contributed by atoms with Gasteiger partial charge < -0.3 is 20.4 Å². The molecule has 1 aliphatic heterocycles. The lowest BCUT2D eigenvalue weighted by molar-refractivity contribution is 0.0891. The minimum atomic E-state index is -0.835. The SMILES string of the molecule is O=C(NCC(O)CCO)c1cnn2ccc(N3CCCC3c3cc(F)ccc3F)cc12. The molecular weight excluding hydrogens is 406 g/mol. The topological polar surface area (TPSA) is 90.1 Å². The number of fused-ring (bicyclic) bond motifs is 1. The Balaban J connectivity index is 1.61. The van der Waals surface area contributed by atoms with Crippen molar-refractivity contribution in [3.63, 3.8) is 0 Å². The largest absolute Gasteiger partial charge is 0.396 e. The number of halogens is 2. The van der Waals surface area contributed by atoms with Gasteiger partial charge in [-0.05, 0) is 49.6 Å². The van der Waals surface area contributed by atoms with Gasteiger partial charge in [0.1, 0.15) is 11.6 Å². The summed E-state index contributed by atoms with van der Waals surface area (Å²) in [4.78, 5) is 14.6. The van der Waals surface area contributed by atoms with E-state index in [2.05, 4.69) is 10.4 Å². The van der Waals surface area contributed by atoms with Gasteiger partial charge in [0.15, 0.2) is 0 Å². The minimum absolute atomic E-state index is 0.0173. The monoisotopic (exact) mass is 430 g/mol. The molecule has 0 saturated carbocycles. The van der Waals surface area contributed by atoms with Crippen molar-refractivity contribution in [2.75, 3.05) is 24.6 Å². The number of anilines is 1. The van der Waals surface area contributed by atoms with Crippen LogP contribution in [0, 0.1) is 11.6 Å². The quantitative estimate of drug-likeness (QED) is 0.536. The average Bonchev–Trinajstić information content (AvgIpc) is 3.40. The molecule has 2 atom stereocenters. The van der Waals surface area contributed by atoms with E-state index in [1.165, 1.54) is 12.3 Å². The number of aromatic nitrogens is 2. The van der Waals surface area contributed by atoms with Gasteiger partial charge in [-0.1, -0.05) is 0 Å². The van der Waals surface area contributed by atoms with Crippen LogP contribution in [0.1, 0.15) is 41.2 Å². The van der Waals surface area contributed by atoms with E-state index in [-0.39, 0.29) is 25.6 Å². The Bertz CT molecular complexity index is 1090. The molecule has 1 saturated heterocycles. The molecule has 1 amide bonds. The number of benzene rings is 1. The van der Waals surface area contributed by atoms with Gasteiger partial charge in [0, 0.05) is 37.1 Å². The number of aliphatic hydroxyl groups is 2. The van der Waals surface area contributed by atoms with E-state index in [0.29, 0.717) is 29.6 Å². The standard InChI is InChI=1S/C22H24F2N4O3/c23-14-3-4-19(24)17(10-14)20-2-1-7-27(20)15-5-8-28-21(11-15)18(13-26-28)22(31)25-12-16(30)6-9-29/h3-5,8,10-11,13,16,20,29-30H,1-2,6-7,9,12H2,(H,25,31). The molecule has 3 heterocycles. The van der Waals surface area contributed by atoms with Crippen molar-refractivity contribution in [2.24, 2.45) is 0 Å². The van der Waals surface area contributed by atoms with Gasteiger partial charge in [-0.2, -0.15) is 5.10 Å². The minimum Gasteiger partial charge on any atom is -0.396 e. The Labute approximate surface area is 177 Å². The van der Waals surface area contributed by atoms with E-state index in [1.807, 2.05) is 17.0 Å². The highest BCUT2D eigenvalue weighted by atomic mass is 19.1. The summed E-state index contributed by atoms with van der Waals surface area (Å²) in [6.45, 7) is 0.531. The fourth-order valence-corrected chi connectivity index (χ4v) is 4.05. The first-order valence-corrected chi connectivity index (χ1v) is 10.2. The van der Waals surface area contributed by atoms with Crippen molar-refractivity contribution in [3.8, 4) is 0 Å². The zero-order valence-corrected chi connectivity index (χ0v) is 16.8. The van der Waals surface area contributed by atoms with Gasteiger partial charge in [-0.3, -0.25) is 4.79 Å². The van der Waals surface area contributed by atoms with Gasteiger partial charge in [-0.25, -0.2) is 13.3 Å². The fourth-order valence-electron chi connectivity index (χ4n) is 4.05. The Hall–Kier alpha value is -3.04. The summed E-state index contributed by atoms with van der Waals surface area (Å²) in [5, 5.41) is 25.4. The molecule has 7 nitrogen and oxygen atoms in total. The number of nitrogens with zero attached hydrogens (tertiary/aromatic N) is 3. The van der Waals surface area contributed by atoms with Crippen LogP contribution in [0.4, 0.5) is 14.5 Å². The highest BCUT2D eigenvalue weighted by Gasteiger charge is 2.29. The third-order valence-corrected chi connectivity index (χ3v) is 5.61. The second kappa shape index (κ2) is 8.99. The van der Waals surface area contributed by atoms with Crippen molar-refractivity contribution < 1.29 is 23.8 Å². The van der Waals surface area contributed by atoms with Crippen LogP contribution < -0.4 is 10.2 Å². The summed E-state index contributed by atoms with van der Waals surface area (Å²) in [6, 6.07) is 6.84. The molecule has 2 unspecified atom stereocenters. The van der Waals surface area contributed by atoms with Crippen molar-refractivity contribution in [1.29, 1.82) is 0 Å². The van der Waals surface area contributed by atoms with Gasteiger partial charge >= 0.3 is 0 Å². The van der Waals surface area contributed by atoms with Crippen LogP contribution >= 0.6 is 0 Å². The van der Waals surface area contributed by atoms with Crippen LogP contribution in [0.15, 0.2) is 42.7 Å². The third-order valence-electron chi connectivity index (χ3n) is 5.61. The highest BCUT2D eigenvalue weighted by molar-refractivity contribution is 6.01. The smallest absolute Gasteiger partial charge is 0.255 e. The van der Waals surface area contributed by atoms with E-state index in [9.17, 15) is 18.7 Å². The van der Waals surface area contributed by atoms with E-state index in [4.69, 9.17) is 5.11 Å². The van der Waals surface area contributed by atoms with Crippen molar-refractivity contribution in [1.82, 2.24) is 14.9 Å². The molecule has 31 heavy (non-hydrogen) atoms. The molecule has 1 aromatic carbocycles. The highest BCUT2D eigenvalue weighted by Crippen LogP contribution is 2.38. The maximum atomic E-state index is 14.4. The number of carbonyl (C=O) groups excluding carboxylic acids is 1. The molecule has 0 bridgehead atoms. The van der Waals surface area contributed by atoms with E-state index < -0.39 is 23.6 Å². The predicted molar refractivity (Wildman–Crippen MR) is 111 cm³/mol. The zero-order valence-electron chi connectivity index (χ0n) is 16.8. The van der Waals surface area contributed by atoms with Crippen LogP contribution in [0.5, 0.6) is 0 Å². The lowest BCUT2D eigenvalue weighted by Crippen LogP contribution is -2.32. The predicted octanol–water partition coefficient (Wildman–Crippen LogP) is 2.43. The van der Waals surface area contributed by atoms with E-state index in [1.54, 1.807) is 10.7 Å². The number of hydrogen-bond donors (Lipinski definition) is 3. The van der Waals surface area contributed by atoms with Crippen molar-refractivity contribution >= 4 is 17.1 Å². The summed E-state index contributed by atoms with van der Waals surface area (Å²) in [5.74, 6) is -1.31. The molecule has 3 aromatic rings. The summed E-state index contributed by atoms with van der Waals surface area (Å²) in [5.41, 5.74) is 2.01. The molecule has 0 radical (unpaired) electrons. The molecule has 0 spiro atoms. The normalized spacial score (nSPS) is 17.3. The number of aliphatic hydroxyl groups excluding tert-OH is 2. The summed E-state index contributed by atoms with van der Waals surface area (Å²) in [7, 11) is 0. The molecule has 9 heteroatoms. The number of hydrogen-bond acceptors (Lipinski definition) is 5. The number of nitrogens with one attached hydrogen (secondary N) is 1. The maximum absolute atomic E-state index is 14.4. The van der Waals surface area contributed by atoms with Gasteiger partial charge in [-0.15, -0.1) is 0 Å². The van der Waals surface area contributed by atoms with Crippen LogP contribution in [-0.2, 0) is 0 Å². The molecule has 1 aliphatic rings. The van der Waals surface area contributed by atoms with Gasteiger partial charge in [0.2, 0.25) is 0 Å². The molecule has 1 fully saturated rings. The number of carbonyl (C=O) groups is 1. The molecule has 0 aliphatic carbocycles. The van der Waals surface area contributed by atoms with Gasteiger partial charge in [0.25, 0.3) is 5.91 Å².